The monoisotopic (exact) mass is 618 g/mol. The molecule has 0 radical (unpaired) electrons. The fourth-order valence-electron chi connectivity index (χ4n) is 5.12. The predicted octanol–water partition coefficient (Wildman–Crippen LogP) is 3.73. The van der Waals surface area contributed by atoms with Gasteiger partial charge >= 0.3 is 0 Å². The van der Waals surface area contributed by atoms with Crippen molar-refractivity contribution < 1.29 is 24.5 Å². The molecule has 2 aromatic rings. The van der Waals surface area contributed by atoms with E-state index in [1.807, 2.05) is 55.5 Å². The summed E-state index contributed by atoms with van der Waals surface area (Å²) < 4.78 is 7.12. The van der Waals surface area contributed by atoms with Gasteiger partial charge in [0.1, 0.15) is 18.0 Å². The highest BCUT2D eigenvalue weighted by Crippen LogP contribution is 2.33. The Kier molecular flexibility index (Phi) is 9.61. The number of aliphatic hydroxyl groups excluding tert-OH is 2. The first-order valence-electron chi connectivity index (χ1n) is 12.9. The number of rotatable bonds is 9. The molecule has 2 amide bonds. The standard InChI is InChI=1S/C29H35IN2O5/c1-19-10-12-20(13-11-19)18-32(29(36)21-6-2-3-7-21)24-16-22(28(35)31-14-15-33)17-26(27(24)34)37-25-9-5-4-8-23(25)30/h4-5,8-13,17,21,24,26-27,33-34H,2-3,6-7,14-16,18H2,1H3,(H,31,35). The van der Waals surface area contributed by atoms with Crippen molar-refractivity contribution in [3.05, 3.63) is 74.9 Å². The summed E-state index contributed by atoms with van der Waals surface area (Å²) in [5.74, 6) is 0.217. The molecular weight excluding hydrogens is 583 g/mol. The maximum atomic E-state index is 13.8. The van der Waals surface area contributed by atoms with Crippen LogP contribution in [0.5, 0.6) is 5.75 Å². The van der Waals surface area contributed by atoms with Gasteiger partial charge in [-0.25, -0.2) is 0 Å². The normalized spacial score (nSPS) is 21.8. The molecule has 3 atom stereocenters. The Hall–Kier alpha value is -2.43. The molecule has 0 spiro atoms. The first-order valence-corrected chi connectivity index (χ1v) is 14.0. The van der Waals surface area contributed by atoms with Gasteiger partial charge in [0.05, 0.1) is 16.2 Å². The largest absolute Gasteiger partial charge is 0.482 e. The minimum absolute atomic E-state index is 0.0205. The number of benzene rings is 2. The topological polar surface area (TPSA) is 99.1 Å². The molecule has 4 rings (SSSR count). The van der Waals surface area contributed by atoms with Crippen LogP contribution in [0.1, 0.15) is 43.2 Å². The van der Waals surface area contributed by atoms with Gasteiger partial charge in [0.2, 0.25) is 11.8 Å². The third-order valence-corrected chi connectivity index (χ3v) is 8.07. The zero-order valence-corrected chi connectivity index (χ0v) is 23.3. The van der Waals surface area contributed by atoms with Crippen LogP contribution in [0.3, 0.4) is 0 Å². The number of nitrogens with one attached hydrogen (secondary N) is 1. The molecule has 1 saturated carbocycles. The Bertz CT molecular complexity index is 1110. The van der Waals surface area contributed by atoms with Gasteiger partial charge in [-0.15, -0.1) is 0 Å². The highest BCUT2D eigenvalue weighted by atomic mass is 127. The average Bonchev–Trinajstić information content (AvgIpc) is 3.44. The highest BCUT2D eigenvalue weighted by Gasteiger charge is 2.42. The zero-order chi connectivity index (χ0) is 26.4. The summed E-state index contributed by atoms with van der Waals surface area (Å²) in [6.45, 7) is 2.32. The van der Waals surface area contributed by atoms with E-state index < -0.39 is 18.2 Å². The highest BCUT2D eigenvalue weighted by molar-refractivity contribution is 14.1. The molecule has 2 aliphatic rings. The lowest BCUT2D eigenvalue weighted by molar-refractivity contribution is -0.143. The SMILES string of the molecule is Cc1ccc(CN(C(=O)C2CCCC2)C2CC(C(=O)NCCO)=CC(Oc3ccccc3I)C2O)cc1. The Morgan fingerprint density at radius 2 is 1.81 bits per heavy atom. The number of para-hydroxylation sites is 1. The van der Waals surface area contributed by atoms with E-state index in [0.29, 0.717) is 17.9 Å². The van der Waals surface area contributed by atoms with Crippen LogP contribution in [0.15, 0.2) is 60.2 Å². The molecule has 3 N–H and O–H groups in total. The summed E-state index contributed by atoms with van der Waals surface area (Å²) in [5, 5.41) is 23.5. The second kappa shape index (κ2) is 12.9. The van der Waals surface area contributed by atoms with Crippen LogP contribution >= 0.6 is 22.6 Å². The van der Waals surface area contributed by atoms with Crippen LogP contribution in [0.2, 0.25) is 0 Å². The minimum Gasteiger partial charge on any atom is -0.482 e. The van der Waals surface area contributed by atoms with Gasteiger partial charge in [0, 0.05) is 31.0 Å². The molecule has 2 aliphatic carbocycles. The molecule has 0 aliphatic heterocycles. The van der Waals surface area contributed by atoms with Crippen molar-refractivity contribution in [3.8, 4) is 5.75 Å². The van der Waals surface area contributed by atoms with Gasteiger partial charge in [-0.3, -0.25) is 9.59 Å². The van der Waals surface area contributed by atoms with E-state index in [1.165, 1.54) is 0 Å². The van der Waals surface area contributed by atoms with Crippen molar-refractivity contribution >= 4 is 34.4 Å². The van der Waals surface area contributed by atoms with Crippen LogP contribution in [0.25, 0.3) is 0 Å². The molecule has 8 heteroatoms. The van der Waals surface area contributed by atoms with E-state index in [9.17, 15) is 19.8 Å². The van der Waals surface area contributed by atoms with Crippen molar-refractivity contribution in [2.45, 2.75) is 63.8 Å². The number of carbonyl (C=O) groups is 2. The van der Waals surface area contributed by atoms with E-state index in [-0.39, 0.29) is 37.3 Å². The molecule has 0 bridgehead atoms. The Balaban J connectivity index is 1.68. The first kappa shape index (κ1) is 27.6. The van der Waals surface area contributed by atoms with Gasteiger partial charge in [-0.1, -0.05) is 54.8 Å². The van der Waals surface area contributed by atoms with Crippen LogP contribution in [0, 0.1) is 16.4 Å². The van der Waals surface area contributed by atoms with E-state index in [0.717, 1.165) is 40.4 Å². The summed E-state index contributed by atoms with van der Waals surface area (Å²) in [5.41, 5.74) is 2.54. The number of hydrogen-bond donors (Lipinski definition) is 3. The number of nitrogens with zero attached hydrogens (tertiary/aromatic N) is 1. The van der Waals surface area contributed by atoms with Crippen molar-refractivity contribution in [3.63, 3.8) is 0 Å². The van der Waals surface area contributed by atoms with Gasteiger partial charge < -0.3 is 25.2 Å². The van der Waals surface area contributed by atoms with Crippen LogP contribution in [-0.4, -0.2) is 58.3 Å². The van der Waals surface area contributed by atoms with Crippen LogP contribution in [0.4, 0.5) is 0 Å². The molecule has 7 nitrogen and oxygen atoms in total. The molecule has 0 heterocycles. The van der Waals surface area contributed by atoms with Crippen molar-refractivity contribution in [2.75, 3.05) is 13.2 Å². The van der Waals surface area contributed by atoms with E-state index in [2.05, 4.69) is 27.9 Å². The lowest BCUT2D eigenvalue weighted by Crippen LogP contribution is -2.55. The molecule has 1 fully saturated rings. The first-order chi connectivity index (χ1) is 17.9. The van der Waals surface area contributed by atoms with Crippen LogP contribution in [-0.2, 0) is 16.1 Å². The zero-order valence-electron chi connectivity index (χ0n) is 21.1. The number of aliphatic hydroxyl groups is 2. The Morgan fingerprint density at radius 1 is 1.11 bits per heavy atom. The second-order valence-electron chi connectivity index (χ2n) is 9.88. The number of hydrogen-bond acceptors (Lipinski definition) is 5. The third kappa shape index (κ3) is 6.91. The molecule has 3 unspecified atom stereocenters. The predicted molar refractivity (Wildman–Crippen MR) is 150 cm³/mol. The second-order valence-corrected chi connectivity index (χ2v) is 11.0. The average molecular weight is 619 g/mol. The van der Waals surface area contributed by atoms with Gasteiger partial charge in [0.25, 0.3) is 0 Å². The lowest BCUT2D eigenvalue weighted by Gasteiger charge is -2.41. The number of aryl methyl sites for hydroxylation is 1. The van der Waals surface area contributed by atoms with E-state index in [1.54, 1.807) is 11.0 Å². The minimum atomic E-state index is -1.03. The number of ether oxygens (including phenoxy) is 1. The fraction of sp³-hybridized carbons (Fsp3) is 0.448. The van der Waals surface area contributed by atoms with Crippen molar-refractivity contribution in [1.29, 1.82) is 0 Å². The molecule has 0 aromatic heterocycles. The van der Waals surface area contributed by atoms with Crippen molar-refractivity contribution in [1.82, 2.24) is 10.2 Å². The quantitative estimate of drug-likeness (QED) is 0.373. The smallest absolute Gasteiger partial charge is 0.247 e. The van der Waals surface area contributed by atoms with Crippen molar-refractivity contribution in [2.24, 2.45) is 5.92 Å². The molecule has 37 heavy (non-hydrogen) atoms. The Labute approximate surface area is 232 Å². The maximum Gasteiger partial charge on any atom is 0.247 e. The number of amides is 2. The Morgan fingerprint density at radius 3 is 2.49 bits per heavy atom. The molecule has 198 valence electrons. The fourth-order valence-corrected chi connectivity index (χ4v) is 5.64. The van der Waals surface area contributed by atoms with Crippen LogP contribution < -0.4 is 10.1 Å². The maximum absolute atomic E-state index is 13.8. The van der Waals surface area contributed by atoms with Gasteiger partial charge in [-0.05, 0) is 66.1 Å². The van der Waals surface area contributed by atoms with Gasteiger partial charge in [-0.2, -0.15) is 0 Å². The molecule has 2 aromatic carbocycles. The lowest BCUT2D eigenvalue weighted by atomic mass is 9.87. The van der Waals surface area contributed by atoms with E-state index in [4.69, 9.17) is 4.74 Å². The number of halogens is 1. The summed E-state index contributed by atoms with van der Waals surface area (Å²) in [7, 11) is 0. The molecule has 0 saturated heterocycles. The summed E-state index contributed by atoms with van der Waals surface area (Å²) in [6.07, 6.45) is 3.74. The summed E-state index contributed by atoms with van der Waals surface area (Å²) >= 11 is 2.17. The third-order valence-electron chi connectivity index (χ3n) is 7.18. The summed E-state index contributed by atoms with van der Waals surface area (Å²) in [6, 6.07) is 14.9. The summed E-state index contributed by atoms with van der Waals surface area (Å²) in [4.78, 5) is 28.6. The molecular formula is C29H35IN2O5. The van der Waals surface area contributed by atoms with Gasteiger partial charge in [0.15, 0.2) is 0 Å². The van der Waals surface area contributed by atoms with E-state index >= 15 is 0 Å². The number of carbonyl (C=O) groups excluding carboxylic acids is 2.